The number of H-pyrrole nitrogens is 1. The van der Waals surface area contributed by atoms with Gasteiger partial charge in [0.2, 0.25) is 0 Å². The van der Waals surface area contributed by atoms with Gasteiger partial charge in [-0.15, -0.1) is 0 Å². The second-order valence-electron chi connectivity index (χ2n) is 4.90. The molecule has 0 unspecified atom stereocenters. The molecule has 0 saturated carbocycles. The molecule has 0 aliphatic heterocycles. The van der Waals surface area contributed by atoms with Gasteiger partial charge in [-0.1, -0.05) is 30.3 Å². The van der Waals surface area contributed by atoms with Crippen LogP contribution >= 0.6 is 0 Å². The van der Waals surface area contributed by atoms with Crippen LogP contribution in [-0.2, 0) is 13.1 Å². The lowest BCUT2D eigenvalue weighted by atomic mass is 10.1. The van der Waals surface area contributed by atoms with E-state index in [0.29, 0.717) is 18.7 Å². The van der Waals surface area contributed by atoms with Crippen molar-refractivity contribution in [3.05, 3.63) is 65.5 Å². The minimum atomic E-state index is -0.513. The Bertz CT molecular complexity index is 764. The van der Waals surface area contributed by atoms with E-state index in [1.165, 1.54) is 0 Å². The molecule has 1 aromatic heterocycles. The van der Waals surface area contributed by atoms with Gasteiger partial charge in [-0.05, 0) is 23.8 Å². The third kappa shape index (κ3) is 2.98. The Labute approximate surface area is 127 Å². The van der Waals surface area contributed by atoms with Crippen LogP contribution in [0.15, 0.2) is 48.5 Å². The first kappa shape index (κ1) is 14.2. The molecule has 3 aromatic rings. The van der Waals surface area contributed by atoms with E-state index in [1.807, 2.05) is 36.4 Å². The predicted octanol–water partition coefficient (Wildman–Crippen LogP) is 1.97. The summed E-state index contributed by atoms with van der Waals surface area (Å²) in [5.41, 5.74) is 4.85. The van der Waals surface area contributed by atoms with Crippen LogP contribution in [0.3, 0.4) is 0 Å². The average Bonchev–Trinajstić information content (AvgIpc) is 2.97. The fourth-order valence-electron chi connectivity index (χ4n) is 2.36. The highest BCUT2D eigenvalue weighted by Crippen LogP contribution is 2.11. The van der Waals surface area contributed by atoms with E-state index in [0.717, 1.165) is 22.4 Å². The minimum Gasteiger partial charge on any atom is -0.341 e. The molecule has 22 heavy (non-hydrogen) atoms. The summed E-state index contributed by atoms with van der Waals surface area (Å²) in [6, 6.07) is 15.0. The van der Waals surface area contributed by atoms with Crippen molar-refractivity contribution in [3.63, 3.8) is 0 Å². The van der Waals surface area contributed by atoms with Gasteiger partial charge in [0.15, 0.2) is 0 Å². The number of nitrogens with one attached hydrogen (secondary N) is 3. The summed E-state index contributed by atoms with van der Waals surface area (Å²) < 4.78 is 0. The topological polar surface area (TPSA) is 90.0 Å². The number of nitrogens with zero attached hydrogens (tertiary/aromatic N) is 1. The molecule has 0 spiro atoms. The van der Waals surface area contributed by atoms with Crippen LogP contribution in [0.1, 0.15) is 21.7 Å². The predicted molar refractivity (Wildman–Crippen MR) is 82.3 cm³/mol. The molecule has 0 bridgehead atoms. The first-order valence-electron chi connectivity index (χ1n) is 6.94. The van der Waals surface area contributed by atoms with E-state index in [1.54, 1.807) is 17.6 Å². The van der Waals surface area contributed by atoms with Gasteiger partial charge in [0.25, 0.3) is 5.91 Å². The zero-order valence-corrected chi connectivity index (χ0v) is 11.8. The number of imidazole rings is 1. The normalized spacial score (nSPS) is 10.8. The van der Waals surface area contributed by atoms with Crippen molar-refractivity contribution >= 4 is 16.9 Å². The Morgan fingerprint density at radius 3 is 2.68 bits per heavy atom. The SMILES string of the molecule is O=C(NO)c1ccccc1CNCc1nc2ccccc2[nH]1. The Kier molecular flexibility index (Phi) is 4.13. The summed E-state index contributed by atoms with van der Waals surface area (Å²) in [5, 5.41) is 12.0. The Morgan fingerprint density at radius 2 is 1.86 bits per heavy atom. The molecule has 0 aliphatic rings. The van der Waals surface area contributed by atoms with Gasteiger partial charge < -0.3 is 10.3 Å². The highest BCUT2D eigenvalue weighted by molar-refractivity contribution is 5.94. The molecule has 6 heteroatoms. The van der Waals surface area contributed by atoms with E-state index in [2.05, 4.69) is 15.3 Å². The number of para-hydroxylation sites is 2. The smallest absolute Gasteiger partial charge is 0.274 e. The number of fused-ring (bicyclic) bond motifs is 1. The maximum Gasteiger partial charge on any atom is 0.274 e. The zero-order chi connectivity index (χ0) is 15.4. The number of aromatic nitrogens is 2. The number of benzene rings is 2. The number of rotatable bonds is 5. The Hall–Kier alpha value is -2.70. The third-order valence-electron chi connectivity index (χ3n) is 3.41. The largest absolute Gasteiger partial charge is 0.341 e. The second kappa shape index (κ2) is 6.38. The maximum absolute atomic E-state index is 11.6. The summed E-state index contributed by atoms with van der Waals surface area (Å²) in [5.74, 6) is 0.325. The van der Waals surface area contributed by atoms with Crippen LogP contribution < -0.4 is 10.8 Å². The summed E-state index contributed by atoms with van der Waals surface area (Å²) in [4.78, 5) is 19.3. The van der Waals surface area contributed by atoms with Crippen LogP contribution in [0, 0.1) is 0 Å². The molecule has 112 valence electrons. The lowest BCUT2D eigenvalue weighted by molar-refractivity contribution is 0.0705. The van der Waals surface area contributed by atoms with Gasteiger partial charge >= 0.3 is 0 Å². The average molecular weight is 296 g/mol. The molecule has 0 aliphatic carbocycles. The number of hydroxylamine groups is 1. The first-order chi connectivity index (χ1) is 10.8. The van der Waals surface area contributed by atoms with Gasteiger partial charge in [-0.25, -0.2) is 10.5 Å². The van der Waals surface area contributed by atoms with Gasteiger partial charge in [0, 0.05) is 12.1 Å². The van der Waals surface area contributed by atoms with Gasteiger partial charge in [0.1, 0.15) is 5.82 Å². The first-order valence-corrected chi connectivity index (χ1v) is 6.94. The minimum absolute atomic E-state index is 0.446. The quantitative estimate of drug-likeness (QED) is 0.428. The molecular weight excluding hydrogens is 280 g/mol. The van der Waals surface area contributed by atoms with Gasteiger partial charge in [-0.3, -0.25) is 10.0 Å². The third-order valence-corrected chi connectivity index (χ3v) is 3.41. The van der Waals surface area contributed by atoms with Crippen molar-refractivity contribution in [1.29, 1.82) is 0 Å². The Balaban J connectivity index is 1.67. The van der Waals surface area contributed by atoms with Crippen LogP contribution in [0.5, 0.6) is 0 Å². The zero-order valence-electron chi connectivity index (χ0n) is 11.8. The number of amides is 1. The fourth-order valence-corrected chi connectivity index (χ4v) is 2.36. The molecule has 4 N–H and O–H groups in total. The van der Waals surface area contributed by atoms with E-state index in [9.17, 15) is 4.79 Å². The molecule has 0 fully saturated rings. The fraction of sp³-hybridized carbons (Fsp3) is 0.125. The van der Waals surface area contributed by atoms with Crippen LogP contribution in [-0.4, -0.2) is 21.1 Å². The highest BCUT2D eigenvalue weighted by atomic mass is 16.5. The highest BCUT2D eigenvalue weighted by Gasteiger charge is 2.09. The molecule has 0 atom stereocenters. The molecule has 0 radical (unpaired) electrons. The number of hydrogen-bond donors (Lipinski definition) is 4. The molecule has 0 saturated heterocycles. The number of aromatic amines is 1. The van der Waals surface area contributed by atoms with Crippen LogP contribution in [0.25, 0.3) is 11.0 Å². The summed E-state index contributed by atoms with van der Waals surface area (Å²) in [6.45, 7) is 1.06. The van der Waals surface area contributed by atoms with Gasteiger partial charge in [-0.2, -0.15) is 0 Å². The van der Waals surface area contributed by atoms with Crippen molar-refractivity contribution in [2.45, 2.75) is 13.1 Å². The number of hydrogen-bond acceptors (Lipinski definition) is 4. The van der Waals surface area contributed by atoms with Crippen LogP contribution in [0.4, 0.5) is 0 Å². The van der Waals surface area contributed by atoms with Crippen molar-refractivity contribution in [1.82, 2.24) is 20.8 Å². The maximum atomic E-state index is 11.6. The van der Waals surface area contributed by atoms with Crippen LogP contribution in [0.2, 0.25) is 0 Å². The number of carbonyl (C=O) groups is 1. The number of carbonyl (C=O) groups excluding carboxylic acids is 1. The molecule has 1 amide bonds. The summed E-state index contributed by atoms with van der Waals surface area (Å²) >= 11 is 0. The molecule has 6 nitrogen and oxygen atoms in total. The summed E-state index contributed by atoms with van der Waals surface area (Å²) in [7, 11) is 0. The molecular formula is C16H16N4O2. The van der Waals surface area contributed by atoms with Crippen molar-refractivity contribution in [2.75, 3.05) is 0 Å². The van der Waals surface area contributed by atoms with E-state index < -0.39 is 5.91 Å². The van der Waals surface area contributed by atoms with E-state index >= 15 is 0 Å². The standard InChI is InChI=1S/C16H16N4O2/c21-16(20-22)12-6-2-1-5-11(12)9-17-10-15-18-13-7-3-4-8-14(13)19-15/h1-8,17,22H,9-10H2,(H,18,19)(H,20,21). The van der Waals surface area contributed by atoms with E-state index in [-0.39, 0.29) is 0 Å². The van der Waals surface area contributed by atoms with Crippen molar-refractivity contribution in [2.24, 2.45) is 0 Å². The lowest BCUT2D eigenvalue weighted by Crippen LogP contribution is -2.22. The second-order valence-corrected chi connectivity index (χ2v) is 4.90. The van der Waals surface area contributed by atoms with Gasteiger partial charge in [0.05, 0.1) is 17.6 Å². The van der Waals surface area contributed by atoms with Crippen molar-refractivity contribution < 1.29 is 10.0 Å². The van der Waals surface area contributed by atoms with E-state index in [4.69, 9.17) is 5.21 Å². The monoisotopic (exact) mass is 296 g/mol. The van der Waals surface area contributed by atoms with Crippen molar-refractivity contribution in [3.8, 4) is 0 Å². The Morgan fingerprint density at radius 1 is 1.09 bits per heavy atom. The molecule has 1 heterocycles. The molecule has 3 rings (SSSR count). The lowest BCUT2D eigenvalue weighted by Gasteiger charge is -2.08. The molecule has 2 aromatic carbocycles. The summed E-state index contributed by atoms with van der Waals surface area (Å²) in [6.07, 6.45) is 0.